The molecule has 1 N–H and O–H groups in total. The van der Waals surface area contributed by atoms with Gasteiger partial charge in [-0.3, -0.25) is 4.79 Å². The number of thiophene rings is 1. The monoisotopic (exact) mass is 259 g/mol. The van der Waals surface area contributed by atoms with Crippen molar-refractivity contribution in [2.24, 2.45) is 0 Å². The highest BCUT2D eigenvalue weighted by molar-refractivity contribution is 7.14. The molecule has 0 aliphatic carbocycles. The lowest BCUT2D eigenvalue weighted by Gasteiger charge is -1.89. The van der Waals surface area contributed by atoms with E-state index < -0.39 is 0 Å². The van der Waals surface area contributed by atoms with Gasteiger partial charge in [-0.2, -0.15) is 0 Å². The molecule has 0 amide bonds. The molecular weight excluding hydrogens is 242 g/mol. The highest BCUT2D eigenvalue weighted by atomic mass is 32.1. The maximum Gasteiger partial charge on any atom is 0.160 e. The van der Waals surface area contributed by atoms with Gasteiger partial charge in [-0.05, 0) is 37.9 Å². The molecule has 0 aliphatic heterocycles. The SMILES string of the molecule is CNC.O=Cc1ccc(C=Cc2ccccc2)s1. The van der Waals surface area contributed by atoms with E-state index in [9.17, 15) is 4.79 Å². The number of nitrogens with one attached hydrogen (secondary N) is 1. The minimum absolute atomic E-state index is 0.766. The predicted molar refractivity (Wildman–Crippen MR) is 80.1 cm³/mol. The number of carbonyl (C=O) groups excluding carboxylic acids is 1. The van der Waals surface area contributed by atoms with E-state index in [1.807, 2.05) is 68.7 Å². The maximum atomic E-state index is 10.5. The van der Waals surface area contributed by atoms with Crippen LogP contribution in [0.2, 0.25) is 0 Å². The first-order valence-corrected chi connectivity index (χ1v) is 6.48. The second-order valence-electron chi connectivity index (χ2n) is 3.60. The summed E-state index contributed by atoms with van der Waals surface area (Å²) >= 11 is 1.50. The van der Waals surface area contributed by atoms with Gasteiger partial charge in [0.1, 0.15) is 0 Å². The standard InChI is InChI=1S/C13H10OS.C2H7N/c14-10-13-9-8-12(15-13)7-6-11-4-2-1-3-5-11;1-3-2/h1-10H;3H,1-2H3. The zero-order valence-corrected chi connectivity index (χ0v) is 11.4. The zero-order chi connectivity index (χ0) is 13.2. The molecule has 0 aliphatic rings. The van der Waals surface area contributed by atoms with Crippen LogP contribution in [0.1, 0.15) is 20.1 Å². The fraction of sp³-hybridized carbons (Fsp3) is 0.133. The van der Waals surface area contributed by atoms with Gasteiger partial charge in [0.2, 0.25) is 0 Å². The predicted octanol–water partition coefficient (Wildman–Crippen LogP) is 3.57. The molecule has 1 aromatic carbocycles. The summed E-state index contributed by atoms with van der Waals surface area (Å²) in [5.74, 6) is 0. The molecule has 0 unspecified atom stereocenters. The van der Waals surface area contributed by atoms with Crippen molar-refractivity contribution < 1.29 is 4.79 Å². The summed E-state index contributed by atoms with van der Waals surface area (Å²) in [7, 11) is 3.75. The molecule has 18 heavy (non-hydrogen) atoms. The number of hydrogen-bond donors (Lipinski definition) is 1. The second-order valence-corrected chi connectivity index (χ2v) is 4.75. The summed E-state index contributed by atoms with van der Waals surface area (Å²) < 4.78 is 0. The summed E-state index contributed by atoms with van der Waals surface area (Å²) in [6.07, 6.45) is 4.94. The normalized spacial score (nSPS) is 9.89. The van der Waals surface area contributed by atoms with Crippen LogP contribution in [0.4, 0.5) is 0 Å². The summed E-state index contributed by atoms with van der Waals surface area (Å²) in [4.78, 5) is 12.3. The van der Waals surface area contributed by atoms with Crippen molar-refractivity contribution in [3.8, 4) is 0 Å². The highest BCUT2D eigenvalue weighted by Gasteiger charge is 1.94. The Balaban J connectivity index is 0.000000492. The van der Waals surface area contributed by atoms with E-state index in [1.54, 1.807) is 0 Å². The molecule has 0 saturated carbocycles. The van der Waals surface area contributed by atoms with Gasteiger partial charge in [-0.25, -0.2) is 0 Å². The lowest BCUT2D eigenvalue weighted by atomic mass is 10.2. The molecule has 2 nitrogen and oxygen atoms in total. The van der Waals surface area contributed by atoms with Gasteiger partial charge in [-0.1, -0.05) is 36.4 Å². The van der Waals surface area contributed by atoms with Crippen LogP contribution in [0.3, 0.4) is 0 Å². The average molecular weight is 259 g/mol. The van der Waals surface area contributed by atoms with Crippen LogP contribution in [0.25, 0.3) is 12.2 Å². The first-order valence-electron chi connectivity index (χ1n) is 5.66. The average Bonchev–Trinajstić information content (AvgIpc) is 2.86. The number of rotatable bonds is 3. The van der Waals surface area contributed by atoms with Gasteiger partial charge >= 0.3 is 0 Å². The minimum atomic E-state index is 0.766. The van der Waals surface area contributed by atoms with E-state index in [0.717, 1.165) is 16.0 Å². The molecule has 0 radical (unpaired) electrons. The van der Waals surface area contributed by atoms with Crippen molar-refractivity contribution in [3.05, 3.63) is 57.8 Å². The highest BCUT2D eigenvalue weighted by Crippen LogP contribution is 2.17. The Labute approximate surface area is 112 Å². The smallest absolute Gasteiger partial charge is 0.160 e. The fourth-order valence-electron chi connectivity index (χ4n) is 1.26. The van der Waals surface area contributed by atoms with Crippen LogP contribution in [-0.2, 0) is 0 Å². The number of carbonyl (C=O) groups is 1. The van der Waals surface area contributed by atoms with Crippen molar-refractivity contribution in [1.82, 2.24) is 5.32 Å². The number of benzene rings is 1. The molecule has 1 heterocycles. The van der Waals surface area contributed by atoms with Crippen LogP contribution < -0.4 is 5.32 Å². The van der Waals surface area contributed by atoms with Gasteiger partial charge in [0.15, 0.2) is 6.29 Å². The number of hydrogen-bond acceptors (Lipinski definition) is 3. The summed E-state index contributed by atoms with van der Waals surface area (Å²) in [5, 5.41) is 2.75. The Bertz CT molecular complexity index is 488. The molecule has 1 aromatic heterocycles. The molecule has 0 bridgehead atoms. The van der Waals surface area contributed by atoms with Gasteiger partial charge < -0.3 is 5.32 Å². The Morgan fingerprint density at radius 3 is 2.11 bits per heavy atom. The lowest BCUT2D eigenvalue weighted by Crippen LogP contribution is -1.89. The summed E-state index contributed by atoms with van der Waals surface area (Å²) in [6, 6.07) is 13.9. The van der Waals surface area contributed by atoms with Gasteiger partial charge in [-0.15, -0.1) is 11.3 Å². The second kappa shape index (κ2) is 8.39. The van der Waals surface area contributed by atoms with E-state index in [-0.39, 0.29) is 0 Å². The third kappa shape index (κ3) is 5.08. The van der Waals surface area contributed by atoms with Crippen molar-refractivity contribution >= 4 is 29.8 Å². The van der Waals surface area contributed by atoms with E-state index in [0.29, 0.717) is 0 Å². The van der Waals surface area contributed by atoms with E-state index in [4.69, 9.17) is 0 Å². The Hall–Kier alpha value is -1.71. The molecule has 0 saturated heterocycles. The largest absolute Gasteiger partial charge is 0.323 e. The van der Waals surface area contributed by atoms with Gasteiger partial charge in [0.25, 0.3) is 0 Å². The van der Waals surface area contributed by atoms with E-state index >= 15 is 0 Å². The molecule has 0 spiro atoms. The molecule has 2 rings (SSSR count). The first kappa shape index (κ1) is 14.4. The third-order valence-corrected chi connectivity index (χ3v) is 2.98. The number of aldehydes is 1. The Morgan fingerprint density at radius 1 is 0.944 bits per heavy atom. The Kier molecular flexibility index (Phi) is 6.69. The lowest BCUT2D eigenvalue weighted by molar-refractivity contribution is 0.112. The maximum absolute atomic E-state index is 10.5. The molecule has 0 atom stereocenters. The minimum Gasteiger partial charge on any atom is -0.323 e. The zero-order valence-electron chi connectivity index (χ0n) is 10.6. The molecule has 3 heteroatoms. The van der Waals surface area contributed by atoms with Crippen molar-refractivity contribution in [2.45, 2.75) is 0 Å². The van der Waals surface area contributed by atoms with Crippen molar-refractivity contribution in [2.75, 3.05) is 14.1 Å². The molecule has 2 aromatic rings. The Morgan fingerprint density at radius 2 is 1.56 bits per heavy atom. The van der Waals surface area contributed by atoms with Crippen LogP contribution in [0.5, 0.6) is 0 Å². The van der Waals surface area contributed by atoms with E-state index in [1.165, 1.54) is 16.9 Å². The van der Waals surface area contributed by atoms with Crippen LogP contribution >= 0.6 is 11.3 Å². The van der Waals surface area contributed by atoms with Crippen LogP contribution in [0.15, 0.2) is 42.5 Å². The molecule has 94 valence electrons. The van der Waals surface area contributed by atoms with Crippen LogP contribution in [0, 0.1) is 0 Å². The molecular formula is C15H17NOS. The van der Waals surface area contributed by atoms with Crippen molar-refractivity contribution in [1.29, 1.82) is 0 Å². The third-order valence-electron chi connectivity index (χ3n) is 2.00. The van der Waals surface area contributed by atoms with Crippen LogP contribution in [-0.4, -0.2) is 20.4 Å². The topological polar surface area (TPSA) is 29.1 Å². The summed E-state index contributed by atoms with van der Waals surface area (Å²) in [6.45, 7) is 0. The van der Waals surface area contributed by atoms with Crippen molar-refractivity contribution in [3.63, 3.8) is 0 Å². The fourth-order valence-corrected chi connectivity index (χ4v) is 1.99. The summed E-state index contributed by atoms with van der Waals surface area (Å²) in [5.41, 5.74) is 1.17. The van der Waals surface area contributed by atoms with Gasteiger partial charge in [0, 0.05) is 4.88 Å². The first-order chi connectivity index (χ1) is 8.80. The van der Waals surface area contributed by atoms with Gasteiger partial charge in [0.05, 0.1) is 4.88 Å². The quantitative estimate of drug-likeness (QED) is 0.854. The molecule has 0 fully saturated rings. The van der Waals surface area contributed by atoms with E-state index in [2.05, 4.69) is 5.32 Å².